The Kier molecular flexibility index (Phi) is 5.34. The minimum atomic E-state index is -2.97. The number of carbonyl (C=O) groups is 1. The summed E-state index contributed by atoms with van der Waals surface area (Å²) in [6.45, 7) is 0. The van der Waals surface area contributed by atoms with Gasteiger partial charge in [0.1, 0.15) is 17.2 Å². The van der Waals surface area contributed by atoms with Gasteiger partial charge in [-0.2, -0.15) is 0 Å². The van der Waals surface area contributed by atoms with Crippen LogP contribution in [0.15, 0.2) is 14.7 Å². The summed E-state index contributed by atoms with van der Waals surface area (Å²) in [6, 6.07) is -0.0748. The van der Waals surface area contributed by atoms with E-state index in [9.17, 15) is 22.8 Å². The second-order valence-corrected chi connectivity index (χ2v) is 10.9. The van der Waals surface area contributed by atoms with Gasteiger partial charge in [-0.1, -0.05) is 11.8 Å². The maximum absolute atomic E-state index is 12.7. The molecule has 30 heavy (non-hydrogen) atoms. The molecule has 1 saturated carbocycles. The number of nitrogen functional groups attached to an aromatic ring is 1. The molecule has 0 unspecified atom stereocenters. The van der Waals surface area contributed by atoms with Crippen LogP contribution in [0.2, 0.25) is 0 Å². The van der Waals surface area contributed by atoms with Crippen molar-refractivity contribution < 1.29 is 13.2 Å². The number of hydrogen-bond donors (Lipinski definition) is 2. The van der Waals surface area contributed by atoms with Crippen LogP contribution in [-0.2, 0) is 23.3 Å². The molecule has 3 N–H and O–H groups in total. The largest absolute Gasteiger partial charge is 0.384 e. The summed E-state index contributed by atoms with van der Waals surface area (Å²) in [5.74, 6) is 0.313. The Hall–Kier alpha value is -2.41. The number of aromatic nitrogens is 5. The molecule has 1 aliphatic carbocycles. The lowest BCUT2D eigenvalue weighted by Crippen LogP contribution is -2.36. The highest BCUT2D eigenvalue weighted by atomic mass is 32.2. The molecule has 11 nitrogen and oxygen atoms in total. The van der Waals surface area contributed by atoms with Crippen molar-refractivity contribution in [2.45, 2.75) is 36.9 Å². The summed E-state index contributed by atoms with van der Waals surface area (Å²) in [5, 5.41) is 8.67. The van der Waals surface area contributed by atoms with Crippen molar-refractivity contribution in [1.29, 1.82) is 0 Å². The van der Waals surface area contributed by atoms with Crippen LogP contribution in [0, 0.1) is 5.92 Å². The highest BCUT2D eigenvalue weighted by Crippen LogP contribution is 2.35. The first-order chi connectivity index (χ1) is 14.2. The van der Waals surface area contributed by atoms with E-state index in [1.54, 1.807) is 11.6 Å². The molecular formula is C17H22N6O5S2. The number of aromatic amines is 1. The van der Waals surface area contributed by atoms with Crippen LogP contribution >= 0.6 is 11.8 Å². The van der Waals surface area contributed by atoms with Gasteiger partial charge in [-0.25, -0.2) is 13.2 Å². The summed E-state index contributed by atoms with van der Waals surface area (Å²) in [7, 11) is -1.22. The Morgan fingerprint density at radius 2 is 2.00 bits per heavy atom. The molecule has 1 atom stereocenters. The van der Waals surface area contributed by atoms with E-state index < -0.39 is 26.9 Å². The zero-order valence-corrected chi connectivity index (χ0v) is 18.0. The van der Waals surface area contributed by atoms with E-state index in [1.165, 1.54) is 4.57 Å². The zero-order valence-electron chi connectivity index (χ0n) is 16.3. The molecule has 2 aliphatic rings. The van der Waals surface area contributed by atoms with Crippen LogP contribution in [0.1, 0.15) is 41.5 Å². The van der Waals surface area contributed by atoms with Gasteiger partial charge >= 0.3 is 5.69 Å². The number of carbonyl (C=O) groups excluding carboxylic acids is 1. The highest BCUT2D eigenvalue weighted by Gasteiger charge is 2.31. The number of sulfone groups is 1. The lowest BCUT2D eigenvalue weighted by atomic mass is 10.1. The van der Waals surface area contributed by atoms with Gasteiger partial charge in [0.15, 0.2) is 20.8 Å². The fourth-order valence-electron chi connectivity index (χ4n) is 3.67. The molecule has 1 aliphatic heterocycles. The molecule has 2 aromatic rings. The second kappa shape index (κ2) is 7.69. The summed E-state index contributed by atoms with van der Waals surface area (Å²) in [5.41, 5.74) is 4.37. The first kappa shape index (κ1) is 20.8. The second-order valence-electron chi connectivity index (χ2n) is 7.76. The lowest BCUT2D eigenvalue weighted by molar-refractivity contribution is 0.102. The van der Waals surface area contributed by atoms with E-state index in [1.807, 2.05) is 0 Å². The number of nitrogens with two attached hydrogens (primary N) is 1. The number of rotatable bonds is 7. The van der Waals surface area contributed by atoms with Crippen molar-refractivity contribution in [2.24, 2.45) is 13.0 Å². The van der Waals surface area contributed by atoms with Gasteiger partial charge in [0.2, 0.25) is 0 Å². The Bertz CT molecular complexity index is 1220. The molecule has 2 aromatic heterocycles. The average Bonchev–Trinajstić information content (AvgIpc) is 3.34. The van der Waals surface area contributed by atoms with Crippen LogP contribution in [0.5, 0.6) is 0 Å². The monoisotopic (exact) mass is 454 g/mol. The van der Waals surface area contributed by atoms with Crippen LogP contribution in [0.4, 0.5) is 5.82 Å². The summed E-state index contributed by atoms with van der Waals surface area (Å²) < 4.78 is 26.3. The Balaban J connectivity index is 1.46. The van der Waals surface area contributed by atoms with Gasteiger partial charge in [0.05, 0.1) is 17.3 Å². The predicted molar refractivity (Wildman–Crippen MR) is 111 cm³/mol. The number of Topliss-reactive ketones (excluding diaryl/α,β-unsaturated/α-hetero) is 1. The highest BCUT2D eigenvalue weighted by molar-refractivity contribution is 7.99. The fraction of sp³-hybridized carbons (Fsp3) is 0.588. The Morgan fingerprint density at radius 1 is 1.27 bits per heavy atom. The molecule has 3 heterocycles. The van der Waals surface area contributed by atoms with E-state index in [-0.39, 0.29) is 40.6 Å². The van der Waals surface area contributed by atoms with E-state index >= 15 is 0 Å². The number of anilines is 1. The van der Waals surface area contributed by atoms with Crippen molar-refractivity contribution in [3.63, 3.8) is 0 Å². The van der Waals surface area contributed by atoms with Gasteiger partial charge in [-0.3, -0.25) is 19.1 Å². The van der Waals surface area contributed by atoms with E-state index in [0.717, 1.165) is 24.6 Å². The van der Waals surface area contributed by atoms with E-state index in [4.69, 9.17) is 5.73 Å². The number of nitrogens with one attached hydrogen (secondary N) is 1. The first-order valence-corrected chi connectivity index (χ1v) is 12.4. The summed E-state index contributed by atoms with van der Waals surface area (Å²) in [6.07, 6.45) is 2.66. The Labute approximate surface area is 176 Å². The maximum atomic E-state index is 12.7. The van der Waals surface area contributed by atoms with E-state index in [2.05, 4.69) is 15.2 Å². The van der Waals surface area contributed by atoms with Gasteiger partial charge < -0.3 is 10.3 Å². The number of hydrogen-bond acceptors (Lipinski definition) is 9. The zero-order chi connectivity index (χ0) is 21.6. The SMILES string of the molecule is Cn1c(C[C@H]2CCS(=O)(=O)C2)nnc1SCC(=O)c1c(N)n(C2CC2)c(=O)[nH]c1=O. The van der Waals surface area contributed by atoms with Crippen molar-refractivity contribution in [3.8, 4) is 0 Å². The molecule has 2 fully saturated rings. The molecule has 13 heteroatoms. The van der Waals surface area contributed by atoms with Gasteiger partial charge in [0.25, 0.3) is 5.56 Å². The maximum Gasteiger partial charge on any atom is 0.330 e. The third-order valence-electron chi connectivity index (χ3n) is 5.43. The normalized spacial score (nSPS) is 20.5. The van der Waals surface area contributed by atoms with Gasteiger partial charge in [-0.05, 0) is 25.2 Å². The van der Waals surface area contributed by atoms with Crippen molar-refractivity contribution >= 4 is 33.2 Å². The fourth-order valence-corrected chi connectivity index (χ4v) is 6.34. The lowest BCUT2D eigenvalue weighted by Gasteiger charge is -2.11. The minimum absolute atomic E-state index is 0.0132. The summed E-state index contributed by atoms with van der Waals surface area (Å²) >= 11 is 1.11. The topological polar surface area (TPSA) is 163 Å². The molecule has 1 saturated heterocycles. The Morgan fingerprint density at radius 3 is 2.63 bits per heavy atom. The number of ketones is 1. The molecular weight excluding hydrogens is 432 g/mol. The van der Waals surface area contributed by atoms with Crippen LogP contribution in [0.3, 0.4) is 0 Å². The van der Waals surface area contributed by atoms with Crippen molar-refractivity contribution in [3.05, 3.63) is 32.2 Å². The predicted octanol–water partition coefficient (Wildman–Crippen LogP) is -0.466. The standard InChI is InChI=1S/C17H22N6O5S2/c1-22-12(6-9-4-5-30(27,28)8-9)20-21-17(22)29-7-11(24)13-14(18)23(10-2-3-10)16(26)19-15(13)25/h9-10H,2-8,18H2,1H3,(H,19,25,26)/t9-/m1/s1. The first-order valence-electron chi connectivity index (χ1n) is 9.55. The minimum Gasteiger partial charge on any atom is -0.384 e. The van der Waals surface area contributed by atoms with Gasteiger partial charge in [0, 0.05) is 19.5 Å². The average molecular weight is 455 g/mol. The number of thioether (sulfide) groups is 1. The smallest absolute Gasteiger partial charge is 0.330 e. The molecule has 0 spiro atoms. The molecule has 4 rings (SSSR count). The molecule has 0 radical (unpaired) electrons. The van der Waals surface area contributed by atoms with E-state index in [0.29, 0.717) is 23.8 Å². The van der Waals surface area contributed by atoms with Crippen molar-refractivity contribution in [1.82, 2.24) is 24.3 Å². The van der Waals surface area contributed by atoms with Crippen molar-refractivity contribution in [2.75, 3.05) is 23.0 Å². The summed E-state index contributed by atoms with van der Waals surface area (Å²) in [4.78, 5) is 39.0. The molecule has 0 amide bonds. The van der Waals surface area contributed by atoms with Crippen LogP contribution in [0.25, 0.3) is 0 Å². The molecule has 0 bridgehead atoms. The number of nitrogens with zero attached hydrogens (tertiary/aromatic N) is 4. The molecule has 0 aromatic carbocycles. The third-order valence-corrected chi connectivity index (χ3v) is 8.29. The van der Waals surface area contributed by atoms with Gasteiger partial charge in [-0.15, -0.1) is 10.2 Å². The quantitative estimate of drug-likeness (QED) is 0.416. The molecule has 162 valence electrons. The van der Waals surface area contributed by atoms with Crippen LogP contribution in [-0.4, -0.2) is 55.8 Å². The van der Waals surface area contributed by atoms with Crippen LogP contribution < -0.4 is 17.0 Å². The third kappa shape index (κ3) is 4.08. The number of H-pyrrole nitrogens is 1.